The molecular formula is C12H14N2S. The molecule has 2 rings (SSSR count). The first-order valence-corrected chi connectivity index (χ1v) is 6.27. The van der Waals surface area contributed by atoms with E-state index in [1.165, 1.54) is 11.1 Å². The van der Waals surface area contributed by atoms with E-state index in [-0.39, 0.29) is 0 Å². The van der Waals surface area contributed by atoms with Gasteiger partial charge in [0.1, 0.15) is 0 Å². The number of benzene rings is 1. The lowest BCUT2D eigenvalue weighted by Gasteiger charge is -2.01. The molecule has 0 saturated heterocycles. The van der Waals surface area contributed by atoms with Crippen molar-refractivity contribution in [3.8, 4) is 11.3 Å². The number of nitrogens with zero attached hydrogens (tertiary/aromatic N) is 2. The molecule has 1 aromatic heterocycles. The first-order valence-electron chi connectivity index (χ1n) is 4.87. The second-order valence-corrected chi connectivity index (χ2v) is 4.37. The Balaban J connectivity index is 2.32. The monoisotopic (exact) mass is 218 g/mol. The van der Waals surface area contributed by atoms with Gasteiger partial charge in [0.15, 0.2) is 0 Å². The molecule has 0 amide bonds. The van der Waals surface area contributed by atoms with Crippen molar-refractivity contribution < 1.29 is 0 Å². The van der Waals surface area contributed by atoms with Crippen molar-refractivity contribution in [2.24, 2.45) is 7.05 Å². The van der Waals surface area contributed by atoms with Gasteiger partial charge in [0.2, 0.25) is 0 Å². The lowest BCUT2D eigenvalue weighted by atomic mass is 10.1. The van der Waals surface area contributed by atoms with Gasteiger partial charge in [-0.3, -0.25) is 4.68 Å². The Labute approximate surface area is 94.3 Å². The van der Waals surface area contributed by atoms with E-state index >= 15 is 0 Å². The molecule has 0 aliphatic rings. The summed E-state index contributed by atoms with van der Waals surface area (Å²) in [7, 11) is 1.94. The predicted octanol–water partition coefficient (Wildman–Crippen LogP) is 2.95. The van der Waals surface area contributed by atoms with Crippen LogP contribution in [0.15, 0.2) is 36.5 Å². The summed E-state index contributed by atoms with van der Waals surface area (Å²) in [5.74, 6) is 1.06. The molecule has 0 aliphatic carbocycles. The zero-order valence-corrected chi connectivity index (χ0v) is 9.79. The molecule has 0 unspecified atom stereocenters. The molecule has 2 aromatic rings. The number of aromatic nitrogens is 2. The van der Waals surface area contributed by atoms with Crippen LogP contribution >= 0.6 is 11.8 Å². The van der Waals surface area contributed by atoms with Gasteiger partial charge in [-0.15, -0.1) is 0 Å². The molecule has 0 aliphatic heterocycles. The Bertz CT molecular complexity index is 448. The summed E-state index contributed by atoms with van der Waals surface area (Å²) in [4.78, 5) is 0. The first-order chi connectivity index (χ1) is 7.29. The zero-order chi connectivity index (χ0) is 10.7. The number of rotatable bonds is 3. The number of aryl methyl sites for hydroxylation is 1. The normalized spacial score (nSPS) is 10.5. The summed E-state index contributed by atoms with van der Waals surface area (Å²) in [6.07, 6.45) is 4.09. The van der Waals surface area contributed by atoms with Crippen LogP contribution in [0.3, 0.4) is 0 Å². The highest BCUT2D eigenvalue weighted by molar-refractivity contribution is 7.97. The van der Waals surface area contributed by atoms with E-state index in [2.05, 4.69) is 35.6 Å². The minimum Gasteiger partial charge on any atom is -0.275 e. The molecule has 0 spiro atoms. The van der Waals surface area contributed by atoms with Crippen LogP contribution in [0.25, 0.3) is 11.3 Å². The lowest BCUT2D eigenvalue weighted by Crippen LogP contribution is -1.88. The highest BCUT2D eigenvalue weighted by Crippen LogP contribution is 2.19. The van der Waals surface area contributed by atoms with Crippen molar-refractivity contribution in [1.82, 2.24) is 9.78 Å². The maximum absolute atomic E-state index is 4.39. The van der Waals surface area contributed by atoms with Gasteiger partial charge in [-0.2, -0.15) is 16.9 Å². The Morgan fingerprint density at radius 2 is 2.20 bits per heavy atom. The van der Waals surface area contributed by atoms with Gasteiger partial charge < -0.3 is 0 Å². The van der Waals surface area contributed by atoms with E-state index in [4.69, 9.17) is 0 Å². The zero-order valence-electron chi connectivity index (χ0n) is 8.97. The topological polar surface area (TPSA) is 17.8 Å². The van der Waals surface area contributed by atoms with Crippen molar-refractivity contribution >= 4 is 11.8 Å². The second-order valence-electron chi connectivity index (χ2n) is 3.51. The molecule has 1 aromatic carbocycles. The van der Waals surface area contributed by atoms with Crippen LogP contribution in [-0.2, 0) is 12.8 Å². The van der Waals surface area contributed by atoms with E-state index in [1.54, 1.807) is 0 Å². The number of hydrogen-bond acceptors (Lipinski definition) is 2. The Kier molecular flexibility index (Phi) is 3.11. The fourth-order valence-corrected chi connectivity index (χ4v) is 2.07. The van der Waals surface area contributed by atoms with Gasteiger partial charge >= 0.3 is 0 Å². The number of thioether (sulfide) groups is 1. The molecule has 78 valence electrons. The van der Waals surface area contributed by atoms with Crippen LogP contribution in [0.5, 0.6) is 0 Å². The quantitative estimate of drug-likeness (QED) is 0.788. The van der Waals surface area contributed by atoms with E-state index < -0.39 is 0 Å². The average Bonchev–Trinajstić information content (AvgIpc) is 2.66. The first kappa shape index (κ1) is 10.3. The molecule has 0 fully saturated rings. The van der Waals surface area contributed by atoms with E-state index in [0.717, 1.165) is 11.4 Å². The summed E-state index contributed by atoms with van der Waals surface area (Å²) in [6, 6.07) is 10.6. The van der Waals surface area contributed by atoms with Gasteiger partial charge in [0.25, 0.3) is 0 Å². The molecule has 0 radical (unpaired) electrons. The highest BCUT2D eigenvalue weighted by Gasteiger charge is 2.01. The van der Waals surface area contributed by atoms with Crippen molar-refractivity contribution in [3.05, 3.63) is 42.1 Å². The van der Waals surface area contributed by atoms with Crippen LogP contribution in [0.1, 0.15) is 5.56 Å². The third-order valence-electron chi connectivity index (χ3n) is 2.25. The van der Waals surface area contributed by atoms with Crippen molar-refractivity contribution in [1.29, 1.82) is 0 Å². The fourth-order valence-electron chi connectivity index (χ4n) is 1.56. The molecule has 0 bridgehead atoms. The van der Waals surface area contributed by atoms with Crippen LogP contribution in [0, 0.1) is 0 Å². The second kappa shape index (κ2) is 4.53. The van der Waals surface area contributed by atoms with Gasteiger partial charge in [0.05, 0.1) is 5.69 Å². The molecule has 0 saturated carbocycles. The Morgan fingerprint density at radius 1 is 1.33 bits per heavy atom. The van der Waals surface area contributed by atoms with Crippen LogP contribution in [0.4, 0.5) is 0 Å². The van der Waals surface area contributed by atoms with Crippen LogP contribution in [-0.4, -0.2) is 16.0 Å². The Morgan fingerprint density at radius 3 is 2.87 bits per heavy atom. The SMILES string of the molecule is CSCc1cccc(-c2ccn(C)n2)c1. The fraction of sp³-hybridized carbons (Fsp3) is 0.250. The number of hydrogen-bond donors (Lipinski definition) is 0. The molecule has 0 N–H and O–H groups in total. The molecule has 2 nitrogen and oxygen atoms in total. The molecule has 15 heavy (non-hydrogen) atoms. The van der Waals surface area contributed by atoms with Crippen LogP contribution in [0.2, 0.25) is 0 Å². The maximum atomic E-state index is 4.39. The summed E-state index contributed by atoms with van der Waals surface area (Å²) < 4.78 is 1.83. The molecule has 3 heteroatoms. The lowest BCUT2D eigenvalue weighted by molar-refractivity contribution is 0.771. The summed E-state index contributed by atoms with van der Waals surface area (Å²) in [5, 5.41) is 4.39. The maximum Gasteiger partial charge on any atom is 0.0923 e. The molecule has 0 atom stereocenters. The molecular weight excluding hydrogens is 204 g/mol. The predicted molar refractivity (Wildman–Crippen MR) is 65.9 cm³/mol. The molecule has 1 heterocycles. The minimum absolute atomic E-state index is 1.04. The van der Waals surface area contributed by atoms with Crippen molar-refractivity contribution in [2.45, 2.75) is 5.75 Å². The van der Waals surface area contributed by atoms with E-state index in [0.29, 0.717) is 0 Å². The smallest absolute Gasteiger partial charge is 0.0923 e. The van der Waals surface area contributed by atoms with E-state index in [9.17, 15) is 0 Å². The van der Waals surface area contributed by atoms with Gasteiger partial charge in [0, 0.05) is 24.6 Å². The largest absolute Gasteiger partial charge is 0.275 e. The third kappa shape index (κ3) is 2.42. The average molecular weight is 218 g/mol. The minimum atomic E-state index is 1.04. The highest BCUT2D eigenvalue weighted by atomic mass is 32.2. The van der Waals surface area contributed by atoms with Gasteiger partial charge in [-0.05, 0) is 24.0 Å². The standard InChI is InChI=1S/C12H14N2S/c1-14-7-6-12(13-14)11-5-3-4-10(8-11)9-15-2/h3-8H,9H2,1-2H3. The van der Waals surface area contributed by atoms with Crippen molar-refractivity contribution in [2.75, 3.05) is 6.26 Å². The summed E-state index contributed by atoms with van der Waals surface area (Å²) in [6.45, 7) is 0. The van der Waals surface area contributed by atoms with Crippen LogP contribution < -0.4 is 0 Å². The van der Waals surface area contributed by atoms with Gasteiger partial charge in [-0.25, -0.2) is 0 Å². The van der Waals surface area contributed by atoms with Crippen molar-refractivity contribution in [3.63, 3.8) is 0 Å². The van der Waals surface area contributed by atoms with E-state index in [1.807, 2.05) is 35.8 Å². The summed E-state index contributed by atoms with van der Waals surface area (Å²) in [5.41, 5.74) is 3.59. The van der Waals surface area contributed by atoms with Gasteiger partial charge in [-0.1, -0.05) is 18.2 Å². The third-order valence-corrected chi connectivity index (χ3v) is 2.87. The Hall–Kier alpha value is -1.22. The summed E-state index contributed by atoms with van der Waals surface area (Å²) >= 11 is 1.84.